The van der Waals surface area contributed by atoms with E-state index >= 15 is 0 Å². The molecule has 0 atom stereocenters. The zero-order chi connectivity index (χ0) is 24.3. The lowest BCUT2D eigenvalue weighted by Gasteiger charge is -2.28. The largest absolute Gasteiger partial charge is 0.433 e. The highest BCUT2D eigenvalue weighted by Crippen LogP contribution is 2.29. The molecule has 0 fully saturated rings. The molecule has 1 aromatic rings. The molecular weight excluding hydrogens is 425 g/mol. The number of rotatable bonds is 7. The monoisotopic (exact) mass is 452 g/mol. The van der Waals surface area contributed by atoms with Crippen molar-refractivity contribution in [3.05, 3.63) is 64.8 Å². The van der Waals surface area contributed by atoms with E-state index < -0.39 is 34.7 Å². The summed E-state index contributed by atoms with van der Waals surface area (Å²) >= 11 is 0. The van der Waals surface area contributed by atoms with Crippen LogP contribution in [0, 0.1) is 5.41 Å². The molecule has 0 saturated heterocycles. The molecule has 7 nitrogen and oxygen atoms in total. The molecule has 0 radical (unpaired) electrons. The summed E-state index contributed by atoms with van der Waals surface area (Å²) in [7, 11) is 0. The quantitative estimate of drug-likeness (QED) is 0.408. The fourth-order valence-corrected chi connectivity index (χ4v) is 2.81. The van der Waals surface area contributed by atoms with E-state index in [1.54, 1.807) is 13.8 Å². The van der Waals surface area contributed by atoms with Crippen molar-refractivity contribution in [1.82, 2.24) is 15.6 Å². The van der Waals surface area contributed by atoms with Crippen LogP contribution in [0.25, 0.3) is 0 Å². The van der Waals surface area contributed by atoms with Crippen molar-refractivity contribution in [3.8, 4) is 0 Å². The normalized spacial score (nSPS) is 16.5. The smallest absolute Gasteiger partial charge is 0.390 e. The highest BCUT2D eigenvalue weighted by Gasteiger charge is 2.33. The predicted octanol–water partition coefficient (Wildman–Crippen LogP) is 3.08. The van der Waals surface area contributed by atoms with E-state index in [1.165, 1.54) is 32.2 Å². The SMILES string of the molecule is CC(C)(O)CCN/C=C1/C=C(NC(=O)c2cccc(C(F)(F)F)n2)C(C(C)(C)O)=CC1=N. The molecule has 1 amide bonds. The Morgan fingerprint density at radius 1 is 1.16 bits per heavy atom. The first-order chi connectivity index (χ1) is 14.6. The maximum absolute atomic E-state index is 12.9. The van der Waals surface area contributed by atoms with E-state index in [9.17, 15) is 28.2 Å². The topological polar surface area (TPSA) is 118 Å². The van der Waals surface area contributed by atoms with Crippen molar-refractivity contribution in [2.24, 2.45) is 0 Å². The van der Waals surface area contributed by atoms with Crippen LogP contribution in [-0.4, -0.2) is 44.6 Å². The lowest BCUT2D eigenvalue weighted by Crippen LogP contribution is -2.35. The second-order valence-electron chi connectivity index (χ2n) is 8.56. The summed E-state index contributed by atoms with van der Waals surface area (Å²) < 4.78 is 38.8. The molecule has 0 aliphatic heterocycles. The molecule has 0 aromatic carbocycles. The average Bonchev–Trinajstić information content (AvgIpc) is 2.65. The van der Waals surface area contributed by atoms with Gasteiger partial charge in [-0.05, 0) is 58.4 Å². The molecule has 0 spiro atoms. The maximum atomic E-state index is 12.9. The number of nitrogens with one attached hydrogen (secondary N) is 3. The highest BCUT2D eigenvalue weighted by atomic mass is 19.4. The predicted molar refractivity (Wildman–Crippen MR) is 114 cm³/mol. The van der Waals surface area contributed by atoms with Crippen LogP contribution in [0.4, 0.5) is 13.2 Å². The van der Waals surface area contributed by atoms with Crippen molar-refractivity contribution < 1.29 is 28.2 Å². The number of pyridine rings is 1. The number of halogens is 3. The first-order valence-electron chi connectivity index (χ1n) is 9.85. The molecule has 0 saturated carbocycles. The van der Waals surface area contributed by atoms with Gasteiger partial charge in [0.15, 0.2) is 0 Å². The summed E-state index contributed by atoms with van der Waals surface area (Å²) in [5.74, 6) is -0.889. The second-order valence-corrected chi connectivity index (χ2v) is 8.56. The van der Waals surface area contributed by atoms with Crippen molar-refractivity contribution in [2.45, 2.75) is 51.5 Å². The molecule has 0 unspecified atom stereocenters. The van der Waals surface area contributed by atoms with E-state index in [0.29, 0.717) is 18.5 Å². The van der Waals surface area contributed by atoms with Crippen LogP contribution in [0.3, 0.4) is 0 Å². The Bertz CT molecular complexity index is 981. The summed E-state index contributed by atoms with van der Waals surface area (Å²) in [6, 6.07) is 3.00. The van der Waals surface area contributed by atoms with Gasteiger partial charge in [0.25, 0.3) is 5.91 Å². The third-order valence-electron chi connectivity index (χ3n) is 4.51. The van der Waals surface area contributed by atoms with Gasteiger partial charge in [0.1, 0.15) is 11.4 Å². The average molecular weight is 452 g/mol. The molecule has 0 bridgehead atoms. The van der Waals surface area contributed by atoms with Crippen molar-refractivity contribution in [1.29, 1.82) is 5.41 Å². The van der Waals surface area contributed by atoms with Gasteiger partial charge in [-0.2, -0.15) is 13.2 Å². The van der Waals surface area contributed by atoms with Crippen molar-refractivity contribution in [2.75, 3.05) is 6.54 Å². The second kappa shape index (κ2) is 9.25. The lowest BCUT2D eigenvalue weighted by molar-refractivity contribution is -0.141. The number of aromatic nitrogens is 1. The number of aliphatic hydroxyl groups is 2. The Morgan fingerprint density at radius 3 is 2.38 bits per heavy atom. The van der Waals surface area contributed by atoms with Crippen LogP contribution >= 0.6 is 0 Å². The standard InChI is InChI=1S/C22H27F3N4O3/c1-20(2,31)8-9-27-12-13-10-17(14(11-15(13)26)21(3,4)32)29-19(30)16-6-5-7-18(28-16)22(23,24)25/h5-7,10-12,26-27,31-32H,8-9H2,1-4H3,(H,29,30)/b13-12-,26-15?. The van der Waals surface area contributed by atoms with Gasteiger partial charge in [0.05, 0.1) is 16.9 Å². The number of alkyl halides is 3. The number of carbonyl (C=O) groups is 1. The molecule has 1 aliphatic rings. The number of hydrogen-bond donors (Lipinski definition) is 5. The zero-order valence-corrected chi connectivity index (χ0v) is 18.3. The molecule has 1 aliphatic carbocycles. The third-order valence-corrected chi connectivity index (χ3v) is 4.51. The molecular formula is C22H27F3N4O3. The minimum atomic E-state index is -4.70. The van der Waals surface area contributed by atoms with Gasteiger partial charge in [-0.1, -0.05) is 6.07 Å². The fraction of sp³-hybridized carbons (Fsp3) is 0.409. The number of nitrogens with zero attached hydrogens (tertiary/aromatic N) is 1. The van der Waals surface area contributed by atoms with Gasteiger partial charge in [-0.25, -0.2) is 4.98 Å². The molecule has 5 N–H and O–H groups in total. The van der Waals surface area contributed by atoms with Crippen LogP contribution in [0.1, 0.15) is 50.3 Å². The first-order valence-corrected chi connectivity index (χ1v) is 9.85. The van der Waals surface area contributed by atoms with Crippen LogP contribution < -0.4 is 10.6 Å². The van der Waals surface area contributed by atoms with Crippen molar-refractivity contribution >= 4 is 11.6 Å². The summed E-state index contributed by atoms with van der Waals surface area (Å²) in [6.45, 7) is 6.68. The Morgan fingerprint density at radius 2 is 1.81 bits per heavy atom. The highest BCUT2D eigenvalue weighted by molar-refractivity contribution is 6.11. The fourth-order valence-electron chi connectivity index (χ4n) is 2.81. The summed E-state index contributed by atoms with van der Waals surface area (Å²) in [5.41, 5.74) is -3.15. The minimum absolute atomic E-state index is 0.0630. The number of amides is 1. The van der Waals surface area contributed by atoms with Gasteiger partial charge in [0.2, 0.25) is 0 Å². The number of allylic oxidation sites excluding steroid dienone is 3. The molecule has 1 aromatic heterocycles. The van der Waals surface area contributed by atoms with Crippen molar-refractivity contribution in [3.63, 3.8) is 0 Å². The number of hydrogen-bond acceptors (Lipinski definition) is 6. The molecule has 174 valence electrons. The van der Waals surface area contributed by atoms with Crippen LogP contribution in [-0.2, 0) is 6.18 Å². The van der Waals surface area contributed by atoms with Gasteiger partial charge in [0, 0.05) is 29.6 Å². The summed E-state index contributed by atoms with van der Waals surface area (Å²) in [6.07, 6.45) is 0.0963. The Labute approximate surface area is 184 Å². The lowest BCUT2D eigenvalue weighted by atomic mass is 9.87. The van der Waals surface area contributed by atoms with E-state index in [-0.39, 0.29) is 17.0 Å². The Balaban J connectivity index is 2.31. The van der Waals surface area contributed by atoms with E-state index in [0.717, 1.165) is 18.2 Å². The number of carbonyl (C=O) groups excluding carboxylic acids is 1. The van der Waals surface area contributed by atoms with E-state index in [4.69, 9.17) is 5.41 Å². The van der Waals surface area contributed by atoms with Crippen LogP contribution in [0.2, 0.25) is 0 Å². The van der Waals surface area contributed by atoms with Crippen LogP contribution in [0.5, 0.6) is 0 Å². The Hall–Kier alpha value is -2.98. The minimum Gasteiger partial charge on any atom is -0.390 e. The summed E-state index contributed by atoms with van der Waals surface area (Å²) in [4.78, 5) is 16.0. The van der Waals surface area contributed by atoms with Gasteiger partial charge in [-0.15, -0.1) is 0 Å². The van der Waals surface area contributed by atoms with E-state index in [2.05, 4.69) is 15.6 Å². The molecule has 2 rings (SSSR count). The van der Waals surface area contributed by atoms with Gasteiger partial charge < -0.3 is 26.3 Å². The van der Waals surface area contributed by atoms with Gasteiger partial charge in [-0.3, -0.25) is 4.79 Å². The van der Waals surface area contributed by atoms with Gasteiger partial charge >= 0.3 is 6.18 Å². The Kier molecular flexibility index (Phi) is 7.31. The molecule has 10 heteroatoms. The maximum Gasteiger partial charge on any atom is 0.433 e. The zero-order valence-electron chi connectivity index (χ0n) is 18.3. The first kappa shape index (κ1) is 25.3. The molecule has 1 heterocycles. The molecule has 32 heavy (non-hydrogen) atoms. The third kappa shape index (κ3) is 7.03. The van der Waals surface area contributed by atoms with E-state index in [1.807, 2.05) is 0 Å². The van der Waals surface area contributed by atoms with Crippen LogP contribution in [0.15, 0.2) is 53.4 Å². The summed E-state index contributed by atoms with van der Waals surface area (Å²) in [5, 5.41) is 33.9.